The Morgan fingerprint density at radius 1 is 1.40 bits per heavy atom. The van der Waals surface area contributed by atoms with Crippen molar-refractivity contribution in [2.24, 2.45) is 5.92 Å². The zero-order valence-corrected chi connectivity index (χ0v) is 11.3. The molecule has 0 radical (unpaired) electrons. The first kappa shape index (κ1) is 12.9. The van der Waals surface area contributed by atoms with E-state index < -0.39 is 0 Å². The van der Waals surface area contributed by atoms with Gasteiger partial charge in [-0.25, -0.2) is 4.98 Å². The second-order valence-electron chi connectivity index (χ2n) is 5.25. The van der Waals surface area contributed by atoms with E-state index >= 15 is 0 Å². The van der Waals surface area contributed by atoms with Crippen molar-refractivity contribution in [2.45, 2.75) is 25.4 Å². The minimum Gasteiger partial charge on any atom is -0.481 e. The standard InChI is InChI=1S/C14H17N3O3/c1-20-12-4-2-3-10(15-12)7-17-8-11(18)16-13(14(17)19)9-5-6-9/h2-4,9,13H,5-8H2,1H3,(H,16,18). The van der Waals surface area contributed by atoms with Crippen LogP contribution in [0.3, 0.4) is 0 Å². The minimum absolute atomic E-state index is 0.00304. The Labute approximate surface area is 117 Å². The highest BCUT2D eigenvalue weighted by Gasteiger charge is 2.42. The van der Waals surface area contributed by atoms with Crippen molar-refractivity contribution in [1.29, 1.82) is 0 Å². The molecular weight excluding hydrogens is 258 g/mol. The maximum absolute atomic E-state index is 12.4. The predicted octanol–water partition coefficient (Wildman–Crippen LogP) is 0.327. The van der Waals surface area contributed by atoms with Crippen molar-refractivity contribution < 1.29 is 14.3 Å². The predicted molar refractivity (Wildman–Crippen MR) is 70.9 cm³/mol. The summed E-state index contributed by atoms with van der Waals surface area (Å²) in [5, 5.41) is 2.79. The van der Waals surface area contributed by atoms with Crippen LogP contribution in [0.1, 0.15) is 18.5 Å². The Morgan fingerprint density at radius 3 is 2.90 bits per heavy atom. The molecule has 3 rings (SSSR count). The molecule has 1 unspecified atom stereocenters. The van der Waals surface area contributed by atoms with E-state index in [-0.39, 0.29) is 24.4 Å². The van der Waals surface area contributed by atoms with E-state index in [2.05, 4.69) is 10.3 Å². The fraction of sp³-hybridized carbons (Fsp3) is 0.500. The summed E-state index contributed by atoms with van der Waals surface area (Å²) in [6.45, 7) is 0.438. The normalized spacial score (nSPS) is 22.6. The van der Waals surface area contributed by atoms with Gasteiger partial charge in [0, 0.05) is 6.07 Å². The first-order valence-electron chi connectivity index (χ1n) is 6.75. The summed E-state index contributed by atoms with van der Waals surface area (Å²) in [4.78, 5) is 29.9. The number of hydrogen-bond donors (Lipinski definition) is 1. The lowest BCUT2D eigenvalue weighted by Crippen LogP contribution is -2.58. The summed E-state index contributed by atoms with van der Waals surface area (Å²) in [5.41, 5.74) is 0.724. The van der Waals surface area contributed by atoms with Gasteiger partial charge in [-0.1, -0.05) is 6.07 Å². The summed E-state index contributed by atoms with van der Waals surface area (Å²) in [7, 11) is 1.55. The molecule has 1 saturated carbocycles. The molecular formula is C14H17N3O3. The molecule has 1 aromatic rings. The summed E-state index contributed by atoms with van der Waals surface area (Å²) in [5.74, 6) is 0.726. The van der Waals surface area contributed by atoms with Gasteiger partial charge in [-0.05, 0) is 24.8 Å². The van der Waals surface area contributed by atoms with Crippen LogP contribution in [0.2, 0.25) is 0 Å². The van der Waals surface area contributed by atoms with Crippen LogP contribution in [0, 0.1) is 5.92 Å². The van der Waals surface area contributed by atoms with Crippen LogP contribution in [-0.2, 0) is 16.1 Å². The lowest BCUT2D eigenvalue weighted by atomic mass is 10.1. The molecule has 1 aliphatic heterocycles. The van der Waals surface area contributed by atoms with Crippen molar-refractivity contribution >= 4 is 11.8 Å². The second kappa shape index (κ2) is 5.11. The molecule has 2 aliphatic rings. The van der Waals surface area contributed by atoms with E-state index in [9.17, 15) is 9.59 Å². The molecule has 1 aromatic heterocycles. The third kappa shape index (κ3) is 2.59. The van der Waals surface area contributed by atoms with Gasteiger partial charge in [0.1, 0.15) is 12.6 Å². The third-order valence-electron chi connectivity index (χ3n) is 3.67. The van der Waals surface area contributed by atoms with Gasteiger partial charge >= 0.3 is 0 Å². The Bertz CT molecular complexity index is 542. The van der Waals surface area contributed by atoms with Crippen LogP contribution >= 0.6 is 0 Å². The highest BCUT2D eigenvalue weighted by molar-refractivity contribution is 5.95. The smallest absolute Gasteiger partial charge is 0.246 e. The molecule has 1 atom stereocenters. The monoisotopic (exact) mass is 275 g/mol. The molecule has 20 heavy (non-hydrogen) atoms. The van der Waals surface area contributed by atoms with Gasteiger partial charge in [-0.2, -0.15) is 0 Å². The molecule has 0 spiro atoms. The molecule has 1 N–H and O–H groups in total. The SMILES string of the molecule is COc1cccc(CN2CC(=O)NC(C3CC3)C2=O)n1. The van der Waals surface area contributed by atoms with Gasteiger partial charge in [0.05, 0.1) is 19.3 Å². The van der Waals surface area contributed by atoms with Crippen molar-refractivity contribution in [1.82, 2.24) is 15.2 Å². The third-order valence-corrected chi connectivity index (χ3v) is 3.67. The fourth-order valence-corrected chi connectivity index (χ4v) is 2.47. The zero-order valence-electron chi connectivity index (χ0n) is 11.3. The number of carbonyl (C=O) groups is 2. The molecule has 0 aromatic carbocycles. The molecule has 2 fully saturated rings. The van der Waals surface area contributed by atoms with Crippen molar-refractivity contribution in [3.63, 3.8) is 0 Å². The number of hydrogen-bond acceptors (Lipinski definition) is 4. The number of ether oxygens (including phenoxy) is 1. The highest BCUT2D eigenvalue weighted by Crippen LogP contribution is 2.34. The first-order chi connectivity index (χ1) is 9.67. The van der Waals surface area contributed by atoms with E-state index in [1.165, 1.54) is 0 Å². The van der Waals surface area contributed by atoms with E-state index in [1.54, 1.807) is 18.1 Å². The van der Waals surface area contributed by atoms with Crippen LogP contribution in [0.25, 0.3) is 0 Å². The van der Waals surface area contributed by atoms with E-state index in [1.807, 2.05) is 12.1 Å². The Morgan fingerprint density at radius 2 is 2.20 bits per heavy atom. The molecule has 2 heterocycles. The number of methoxy groups -OCH3 is 1. The largest absolute Gasteiger partial charge is 0.481 e. The molecule has 0 bridgehead atoms. The van der Waals surface area contributed by atoms with Crippen molar-refractivity contribution in [3.8, 4) is 5.88 Å². The van der Waals surface area contributed by atoms with Gasteiger partial charge in [-0.3, -0.25) is 9.59 Å². The Balaban J connectivity index is 1.74. The van der Waals surface area contributed by atoms with Crippen molar-refractivity contribution in [2.75, 3.05) is 13.7 Å². The molecule has 1 saturated heterocycles. The maximum atomic E-state index is 12.4. The van der Waals surface area contributed by atoms with Crippen LogP contribution in [0.4, 0.5) is 0 Å². The van der Waals surface area contributed by atoms with Crippen LogP contribution in [0.15, 0.2) is 18.2 Å². The lowest BCUT2D eigenvalue weighted by Gasteiger charge is -2.32. The number of piperazine rings is 1. The summed E-state index contributed by atoms with van der Waals surface area (Å²) in [6.07, 6.45) is 2.03. The quantitative estimate of drug-likeness (QED) is 0.859. The van der Waals surface area contributed by atoms with Crippen LogP contribution in [0.5, 0.6) is 5.88 Å². The summed E-state index contributed by atoms with van der Waals surface area (Å²) in [6, 6.07) is 5.06. The number of pyridine rings is 1. The van der Waals surface area contributed by atoms with Gasteiger partial charge in [-0.15, -0.1) is 0 Å². The molecule has 106 valence electrons. The van der Waals surface area contributed by atoms with Gasteiger partial charge in [0.25, 0.3) is 0 Å². The fourth-order valence-electron chi connectivity index (χ4n) is 2.47. The van der Waals surface area contributed by atoms with Gasteiger partial charge in [0.15, 0.2) is 0 Å². The number of carbonyl (C=O) groups excluding carboxylic acids is 2. The van der Waals surface area contributed by atoms with Crippen molar-refractivity contribution in [3.05, 3.63) is 23.9 Å². The number of aromatic nitrogens is 1. The topological polar surface area (TPSA) is 71.5 Å². The molecule has 2 amide bonds. The zero-order chi connectivity index (χ0) is 14.1. The average Bonchev–Trinajstić information content (AvgIpc) is 3.27. The average molecular weight is 275 g/mol. The number of nitrogens with zero attached hydrogens (tertiary/aromatic N) is 2. The Kier molecular flexibility index (Phi) is 3.30. The van der Waals surface area contributed by atoms with E-state index in [0.29, 0.717) is 18.3 Å². The summed E-state index contributed by atoms with van der Waals surface area (Å²) < 4.78 is 5.07. The minimum atomic E-state index is -0.346. The lowest BCUT2D eigenvalue weighted by molar-refractivity contribution is -0.145. The molecule has 6 nitrogen and oxygen atoms in total. The van der Waals surface area contributed by atoms with Crippen LogP contribution < -0.4 is 10.1 Å². The Hall–Kier alpha value is -2.11. The van der Waals surface area contributed by atoms with E-state index in [0.717, 1.165) is 18.5 Å². The first-order valence-corrected chi connectivity index (χ1v) is 6.75. The van der Waals surface area contributed by atoms with Gasteiger partial charge < -0.3 is 15.0 Å². The summed E-state index contributed by atoms with van der Waals surface area (Å²) >= 11 is 0. The number of rotatable bonds is 4. The highest BCUT2D eigenvalue weighted by atomic mass is 16.5. The number of amides is 2. The van der Waals surface area contributed by atoms with Gasteiger partial charge in [0.2, 0.25) is 17.7 Å². The second-order valence-corrected chi connectivity index (χ2v) is 5.25. The van der Waals surface area contributed by atoms with E-state index in [4.69, 9.17) is 4.74 Å². The number of nitrogens with one attached hydrogen (secondary N) is 1. The molecule has 6 heteroatoms. The molecule has 1 aliphatic carbocycles. The van der Waals surface area contributed by atoms with Crippen LogP contribution in [-0.4, -0.2) is 41.4 Å². The maximum Gasteiger partial charge on any atom is 0.246 e.